The Kier molecular flexibility index (Phi) is 5.87. The first-order valence-electron chi connectivity index (χ1n) is 10.7. The zero-order valence-corrected chi connectivity index (χ0v) is 18.0. The van der Waals surface area contributed by atoms with Crippen molar-refractivity contribution in [3.8, 4) is 0 Å². The van der Waals surface area contributed by atoms with Gasteiger partial charge in [0.15, 0.2) is 0 Å². The van der Waals surface area contributed by atoms with Gasteiger partial charge in [-0.15, -0.1) is 0 Å². The van der Waals surface area contributed by atoms with Gasteiger partial charge in [0.05, 0.1) is 38.1 Å². The number of quaternary nitrogens is 1. The molecule has 0 aromatic carbocycles. The highest BCUT2D eigenvalue weighted by Gasteiger charge is 2.27. The molecule has 1 aliphatic rings. The van der Waals surface area contributed by atoms with E-state index in [1.165, 1.54) is 4.90 Å². The van der Waals surface area contributed by atoms with Crippen molar-refractivity contribution in [3.05, 3.63) is 46.0 Å². The number of carbonyl (C=O) groups excluding carboxylic acids is 1. The number of aromatic nitrogens is 3. The zero-order valence-electron chi connectivity index (χ0n) is 18.0. The van der Waals surface area contributed by atoms with Gasteiger partial charge in [-0.3, -0.25) is 14.0 Å². The van der Waals surface area contributed by atoms with Crippen LogP contribution in [0.25, 0.3) is 16.7 Å². The van der Waals surface area contributed by atoms with Crippen LogP contribution in [-0.2, 0) is 11.3 Å². The minimum absolute atomic E-state index is 0.0225. The number of hydrogen-bond donors (Lipinski definition) is 1. The lowest BCUT2D eigenvalue weighted by molar-refractivity contribution is -0.902. The third kappa shape index (κ3) is 3.61. The van der Waals surface area contributed by atoms with Crippen LogP contribution in [0.5, 0.6) is 0 Å². The number of fused-ring (bicyclic) bond motifs is 2. The minimum Gasteiger partial charge on any atom is -0.385 e. The van der Waals surface area contributed by atoms with E-state index < -0.39 is 0 Å². The summed E-state index contributed by atoms with van der Waals surface area (Å²) in [5.74, 6) is -0.0225. The first kappa shape index (κ1) is 20.6. The van der Waals surface area contributed by atoms with E-state index in [1.807, 2.05) is 28.5 Å². The molecule has 0 atom stereocenters. The molecule has 8 heteroatoms. The van der Waals surface area contributed by atoms with Gasteiger partial charge in [-0.25, -0.2) is 4.98 Å². The maximum atomic E-state index is 13.4. The monoisotopic (exact) mass is 412 g/mol. The van der Waals surface area contributed by atoms with Gasteiger partial charge >= 0.3 is 0 Å². The lowest BCUT2D eigenvalue weighted by Crippen LogP contribution is -3.14. The summed E-state index contributed by atoms with van der Waals surface area (Å²) < 4.78 is 8.68. The number of methoxy groups -OCH3 is 1. The fourth-order valence-electron chi connectivity index (χ4n) is 4.27. The summed E-state index contributed by atoms with van der Waals surface area (Å²) in [6, 6.07) is 5.51. The number of nitrogens with zero attached hydrogens (tertiary/aromatic N) is 4. The van der Waals surface area contributed by atoms with Gasteiger partial charge in [0.1, 0.15) is 17.0 Å². The molecule has 1 aliphatic heterocycles. The van der Waals surface area contributed by atoms with Crippen LogP contribution in [0.15, 0.2) is 29.2 Å². The second-order valence-corrected chi connectivity index (χ2v) is 7.96. The lowest BCUT2D eigenvalue weighted by atomic mass is 10.2. The number of rotatable bonds is 6. The molecule has 1 N–H and O–H groups in total. The molecule has 0 spiro atoms. The van der Waals surface area contributed by atoms with Crippen LogP contribution in [0.3, 0.4) is 0 Å². The first-order chi connectivity index (χ1) is 14.5. The molecule has 0 bridgehead atoms. The van der Waals surface area contributed by atoms with Gasteiger partial charge in [-0.1, -0.05) is 6.07 Å². The summed E-state index contributed by atoms with van der Waals surface area (Å²) in [6.07, 6.45) is 2.47. The van der Waals surface area contributed by atoms with Gasteiger partial charge < -0.3 is 19.1 Å². The Morgan fingerprint density at radius 3 is 2.73 bits per heavy atom. The van der Waals surface area contributed by atoms with Gasteiger partial charge in [0.2, 0.25) is 0 Å². The summed E-state index contributed by atoms with van der Waals surface area (Å²) in [5.41, 5.74) is 2.53. The van der Waals surface area contributed by atoms with E-state index in [1.54, 1.807) is 23.8 Å². The highest BCUT2D eigenvalue weighted by atomic mass is 16.5. The maximum absolute atomic E-state index is 13.4. The molecule has 160 valence electrons. The topological polar surface area (TPSA) is 73.3 Å². The van der Waals surface area contributed by atoms with Crippen LogP contribution in [0.4, 0.5) is 0 Å². The summed E-state index contributed by atoms with van der Waals surface area (Å²) in [6.45, 7) is 9.71. The van der Waals surface area contributed by atoms with E-state index in [2.05, 4.69) is 6.92 Å². The fourth-order valence-corrected chi connectivity index (χ4v) is 4.27. The molecule has 1 amide bonds. The fraction of sp³-hybridized carbons (Fsp3) is 0.500. The Morgan fingerprint density at radius 2 is 2.03 bits per heavy atom. The minimum atomic E-state index is -0.140. The van der Waals surface area contributed by atoms with Crippen molar-refractivity contribution < 1.29 is 14.4 Å². The maximum Gasteiger partial charge on any atom is 0.270 e. The number of nitrogens with one attached hydrogen (secondary N) is 1. The molecular weight excluding hydrogens is 382 g/mol. The molecule has 3 aromatic heterocycles. The van der Waals surface area contributed by atoms with E-state index in [0.717, 1.165) is 44.7 Å². The summed E-state index contributed by atoms with van der Waals surface area (Å²) in [7, 11) is 1.66. The van der Waals surface area contributed by atoms with E-state index >= 15 is 0 Å². The first-order valence-corrected chi connectivity index (χ1v) is 10.7. The molecule has 0 unspecified atom stereocenters. The Bertz CT molecular complexity index is 1130. The number of pyridine rings is 1. The zero-order chi connectivity index (χ0) is 21.3. The summed E-state index contributed by atoms with van der Waals surface area (Å²) in [4.78, 5) is 34.8. The van der Waals surface area contributed by atoms with Crippen molar-refractivity contribution in [1.29, 1.82) is 0 Å². The van der Waals surface area contributed by atoms with Gasteiger partial charge in [0.25, 0.3) is 11.5 Å². The highest BCUT2D eigenvalue weighted by molar-refractivity contribution is 5.98. The molecule has 4 heterocycles. The smallest absolute Gasteiger partial charge is 0.270 e. The van der Waals surface area contributed by atoms with Gasteiger partial charge in [0, 0.05) is 26.5 Å². The summed E-state index contributed by atoms with van der Waals surface area (Å²) >= 11 is 0. The number of aryl methyl sites for hydroxylation is 2. The number of likely N-dealkylation sites (N-methyl/N-ethyl adjacent to an activating group) is 1. The third-order valence-corrected chi connectivity index (χ3v) is 6.10. The molecule has 1 saturated heterocycles. The normalized spacial score (nSPS) is 15.4. The lowest BCUT2D eigenvalue weighted by Gasteiger charge is -2.31. The predicted octanol–water partition coefficient (Wildman–Crippen LogP) is 0.355. The van der Waals surface area contributed by atoms with E-state index in [0.29, 0.717) is 35.5 Å². The number of amides is 1. The van der Waals surface area contributed by atoms with Crippen molar-refractivity contribution in [2.45, 2.75) is 26.8 Å². The Labute approximate surface area is 175 Å². The molecular formula is C22H30N5O3+. The van der Waals surface area contributed by atoms with Crippen molar-refractivity contribution in [2.24, 2.45) is 0 Å². The molecule has 0 aliphatic carbocycles. The van der Waals surface area contributed by atoms with Crippen LogP contribution < -0.4 is 10.5 Å². The van der Waals surface area contributed by atoms with E-state index in [-0.39, 0.29) is 11.5 Å². The number of hydrogen-bond acceptors (Lipinski definition) is 4. The molecule has 1 fully saturated rings. The Hall–Kier alpha value is -2.71. The Morgan fingerprint density at radius 1 is 1.27 bits per heavy atom. The average Bonchev–Trinajstić information content (AvgIpc) is 3.13. The van der Waals surface area contributed by atoms with Crippen LogP contribution in [0, 0.1) is 6.92 Å². The van der Waals surface area contributed by atoms with Gasteiger partial charge in [-0.2, -0.15) is 0 Å². The second-order valence-electron chi connectivity index (χ2n) is 7.96. The predicted molar refractivity (Wildman–Crippen MR) is 115 cm³/mol. The highest BCUT2D eigenvalue weighted by Crippen LogP contribution is 2.20. The second kappa shape index (κ2) is 8.57. The number of ether oxygens (including phenoxy) is 1. The molecule has 8 nitrogen and oxygen atoms in total. The average molecular weight is 413 g/mol. The van der Waals surface area contributed by atoms with Crippen molar-refractivity contribution >= 4 is 22.6 Å². The standard InChI is InChI=1S/C22H29N5O3/c1-4-24-10-12-25(13-11-24)22(29)18-15-17-20(26(18)9-6-14-30-3)23-19-16(2)7-5-8-27(19)21(17)28/h5,7-8,15H,4,6,9-14H2,1-3H3/p+1. The van der Waals surface area contributed by atoms with Gasteiger partial charge in [-0.05, 0) is 38.0 Å². The van der Waals surface area contributed by atoms with Crippen molar-refractivity contribution in [1.82, 2.24) is 18.9 Å². The number of carbonyl (C=O) groups is 1. The molecule has 4 rings (SSSR count). The molecule has 0 radical (unpaired) electrons. The number of piperazine rings is 1. The van der Waals surface area contributed by atoms with E-state index in [4.69, 9.17) is 9.72 Å². The Balaban J connectivity index is 1.81. The van der Waals surface area contributed by atoms with E-state index in [9.17, 15) is 9.59 Å². The molecule has 30 heavy (non-hydrogen) atoms. The molecule has 3 aromatic rings. The largest absolute Gasteiger partial charge is 0.385 e. The SMILES string of the molecule is CC[NH+]1CCN(C(=O)c2cc3c(=O)n4cccc(C)c4nc3n2CCCOC)CC1. The van der Waals surface area contributed by atoms with Crippen LogP contribution in [0.1, 0.15) is 29.4 Å². The summed E-state index contributed by atoms with van der Waals surface area (Å²) in [5, 5.41) is 0.483. The van der Waals surface area contributed by atoms with Crippen LogP contribution in [0.2, 0.25) is 0 Å². The van der Waals surface area contributed by atoms with Crippen LogP contribution >= 0.6 is 0 Å². The quantitative estimate of drug-likeness (QED) is 0.593. The molecule has 0 saturated carbocycles. The van der Waals surface area contributed by atoms with Crippen molar-refractivity contribution in [2.75, 3.05) is 46.4 Å². The van der Waals surface area contributed by atoms with Crippen LogP contribution in [-0.4, -0.2) is 71.2 Å². The van der Waals surface area contributed by atoms with Crippen molar-refractivity contribution in [3.63, 3.8) is 0 Å². The third-order valence-electron chi connectivity index (χ3n) is 6.10.